The summed E-state index contributed by atoms with van der Waals surface area (Å²) in [5.74, 6) is -1.15. The highest BCUT2D eigenvalue weighted by atomic mass is 79.9. The van der Waals surface area contributed by atoms with Crippen molar-refractivity contribution in [1.29, 1.82) is 0 Å². The van der Waals surface area contributed by atoms with Crippen molar-refractivity contribution in [2.24, 2.45) is 0 Å². The molecule has 1 aromatic heterocycles. The summed E-state index contributed by atoms with van der Waals surface area (Å²) in [5, 5.41) is 9.40. The summed E-state index contributed by atoms with van der Waals surface area (Å²) >= 11 is 3.34. The SMILES string of the molecule is O=C(O)c1oc(Br)c(-c2ccccc2)c1-c1ccccc1. The van der Waals surface area contributed by atoms with Gasteiger partial charge in [-0.15, -0.1) is 0 Å². The molecule has 1 heterocycles. The fraction of sp³-hybridized carbons (Fsp3) is 0. The lowest BCUT2D eigenvalue weighted by Crippen LogP contribution is -1.96. The van der Waals surface area contributed by atoms with E-state index < -0.39 is 5.97 Å². The Hall–Kier alpha value is -2.33. The van der Waals surface area contributed by atoms with E-state index in [-0.39, 0.29) is 5.76 Å². The summed E-state index contributed by atoms with van der Waals surface area (Å²) in [5.41, 5.74) is 3.04. The van der Waals surface area contributed by atoms with Crippen LogP contribution in [0.25, 0.3) is 22.3 Å². The van der Waals surface area contributed by atoms with Crippen molar-refractivity contribution in [3.05, 3.63) is 71.1 Å². The lowest BCUT2D eigenvalue weighted by molar-refractivity contribution is 0.0662. The second kappa shape index (κ2) is 5.58. The molecule has 2 aromatic carbocycles. The molecule has 0 aliphatic heterocycles. The van der Waals surface area contributed by atoms with Gasteiger partial charge in [0.15, 0.2) is 4.67 Å². The van der Waals surface area contributed by atoms with Crippen LogP contribution in [0.2, 0.25) is 0 Å². The van der Waals surface area contributed by atoms with Crippen LogP contribution in [0.15, 0.2) is 69.8 Å². The highest BCUT2D eigenvalue weighted by molar-refractivity contribution is 9.10. The van der Waals surface area contributed by atoms with Crippen LogP contribution in [0, 0.1) is 0 Å². The van der Waals surface area contributed by atoms with Gasteiger partial charge in [0.2, 0.25) is 5.76 Å². The Morgan fingerprint density at radius 1 is 0.857 bits per heavy atom. The summed E-state index contributed by atoms with van der Waals surface area (Å²) in [6.07, 6.45) is 0. The average Bonchev–Trinajstić information content (AvgIpc) is 2.87. The van der Waals surface area contributed by atoms with Crippen molar-refractivity contribution in [3.63, 3.8) is 0 Å². The summed E-state index contributed by atoms with van der Waals surface area (Å²) in [7, 11) is 0. The first-order valence-electron chi connectivity index (χ1n) is 6.35. The summed E-state index contributed by atoms with van der Waals surface area (Å²) in [6.45, 7) is 0. The molecular formula is C17H11BrO3. The molecule has 104 valence electrons. The van der Waals surface area contributed by atoms with E-state index in [9.17, 15) is 9.90 Å². The standard InChI is InChI=1S/C17H11BrO3/c18-16-14(12-9-5-2-6-10-12)13(15(21-16)17(19)20)11-7-3-1-4-8-11/h1-10H,(H,19,20). The molecule has 3 rings (SSSR count). The van der Waals surface area contributed by atoms with E-state index in [2.05, 4.69) is 15.9 Å². The number of furan rings is 1. The number of carboxylic acid groups (broad SMARTS) is 1. The smallest absolute Gasteiger partial charge is 0.372 e. The maximum Gasteiger partial charge on any atom is 0.372 e. The Balaban J connectivity index is 2.32. The molecule has 0 radical (unpaired) electrons. The molecule has 0 saturated heterocycles. The minimum Gasteiger partial charge on any atom is -0.475 e. The van der Waals surface area contributed by atoms with Gasteiger partial charge in [0, 0.05) is 11.1 Å². The fourth-order valence-electron chi connectivity index (χ4n) is 2.30. The highest BCUT2D eigenvalue weighted by Gasteiger charge is 2.25. The molecular weight excluding hydrogens is 332 g/mol. The Morgan fingerprint density at radius 3 is 1.81 bits per heavy atom. The van der Waals surface area contributed by atoms with Crippen molar-refractivity contribution < 1.29 is 14.3 Å². The molecule has 4 heteroatoms. The molecule has 0 fully saturated rings. The van der Waals surface area contributed by atoms with Crippen LogP contribution >= 0.6 is 15.9 Å². The number of carbonyl (C=O) groups is 1. The number of aromatic carboxylic acids is 1. The topological polar surface area (TPSA) is 50.4 Å². The first kappa shape index (κ1) is 13.6. The number of hydrogen-bond acceptors (Lipinski definition) is 2. The van der Waals surface area contributed by atoms with Crippen LogP contribution in [-0.2, 0) is 0 Å². The minimum absolute atomic E-state index is 0.0630. The lowest BCUT2D eigenvalue weighted by Gasteiger charge is -2.05. The normalized spacial score (nSPS) is 10.5. The van der Waals surface area contributed by atoms with E-state index in [1.165, 1.54) is 0 Å². The van der Waals surface area contributed by atoms with Crippen LogP contribution in [0.3, 0.4) is 0 Å². The third-order valence-corrected chi connectivity index (χ3v) is 3.74. The second-order valence-electron chi connectivity index (χ2n) is 4.49. The van der Waals surface area contributed by atoms with E-state index in [4.69, 9.17) is 4.42 Å². The number of carboxylic acids is 1. The van der Waals surface area contributed by atoms with Crippen molar-refractivity contribution in [2.75, 3.05) is 0 Å². The predicted molar refractivity (Wildman–Crippen MR) is 84.2 cm³/mol. The van der Waals surface area contributed by atoms with Crippen LogP contribution in [-0.4, -0.2) is 11.1 Å². The summed E-state index contributed by atoms with van der Waals surface area (Å²) < 4.78 is 5.85. The van der Waals surface area contributed by atoms with Crippen molar-refractivity contribution >= 4 is 21.9 Å². The van der Waals surface area contributed by atoms with Gasteiger partial charge < -0.3 is 9.52 Å². The maximum atomic E-state index is 11.5. The molecule has 0 spiro atoms. The number of halogens is 1. The number of hydrogen-bond donors (Lipinski definition) is 1. The monoisotopic (exact) mass is 342 g/mol. The molecule has 0 aliphatic carbocycles. The minimum atomic E-state index is -1.09. The quantitative estimate of drug-likeness (QED) is 0.722. The first-order chi connectivity index (χ1) is 10.2. The summed E-state index contributed by atoms with van der Waals surface area (Å²) in [6, 6.07) is 19.0. The molecule has 21 heavy (non-hydrogen) atoms. The predicted octanol–water partition coefficient (Wildman–Crippen LogP) is 5.07. The van der Waals surface area contributed by atoms with Gasteiger partial charge in [-0.3, -0.25) is 0 Å². The van der Waals surface area contributed by atoms with E-state index >= 15 is 0 Å². The molecule has 0 bridgehead atoms. The Morgan fingerprint density at radius 2 is 1.33 bits per heavy atom. The molecule has 0 saturated carbocycles. The fourth-order valence-corrected chi connectivity index (χ4v) is 2.89. The van der Waals surface area contributed by atoms with Gasteiger partial charge in [-0.1, -0.05) is 60.7 Å². The van der Waals surface area contributed by atoms with Crippen LogP contribution < -0.4 is 0 Å². The zero-order chi connectivity index (χ0) is 14.8. The Labute approximate surface area is 130 Å². The average molecular weight is 343 g/mol. The lowest BCUT2D eigenvalue weighted by atomic mass is 9.97. The molecule has 1 N–H and O–H groups in total. The maximum absolute atomic E-state index is 11.5. The summed E-state index contributed by atoms with van der Waals surface area (Å²) in [4.78, 5) is 11.5. The van der Waals surface area contributed by atoms with Crippen molar-refractivity contribution in [2.45, 2.75) is 0 Å². The van der Waals surface area contributed by atoms with Gasteiger partial charge in [0.05, 0.1) is 0 Å². The van der Waals surface area contributed by atoms with Gasteiger partial charge in [0.1, 0.15) is 0 Å². The molecule has 3 aromatic rings. The number of benzene rings is 2. The zero-order valence-corrected chi connectivity index (χ0v) is 12.5. The third-order valence-electron chi connectivity index (χ3n) is 3.18. The van der Waals surface area contributed by atoms with E-state index in [0.29, 0.717) is 10.2 Å². The zero-order valence-electron chi connectivity index (χ0n) is 10.9. The van der Waals surface area contributed by atoms with E-state index in [1.54, 1.807) is 0 Å². The molecule has 0 amide bonds. The molecule has 3 nitrogen and oxygen atoms in total. The van der Waals surface area contributed by atoms with Gasteiger partial charge in [-0.25, -0.2) is 4.79 Å². The van der Waals surface area contributed by atoms with E-state index in [0.717, 1.165) is 16.7 Å². The first-order valence-corrected chi connectivity index (χ1v) is 7.14. The third kappa shape index (κ3) is 2.50. The number of rotatable bonds is 3. The van der Waals surface area contributed by atoms with Crippen molar-refractivity contribution in [1.82, 2.24) is 0 Å². The highest BCUT2D eigenvalue weighted by Crippen LogP contribution is 2.42. The van der Waals surface area contributed by atoms with Crippen LogP contribution in [0.4, 0.5) is 0 Å². The van der Waals surface area contributed by atoms with Gasteiger partial charge >= 0.3 is 5.97 Å². The molecule has 0 atom stereocenters. The van der Waals surface area contributed by atoms with Gasteiger partial charge in [0.25, 0.3) is 0 Å². The van der Waals surface area contributed by atoms with Crippen molar-refractivity contribution in [3.8, 4) is 22.3 Å². The second-order valence-corrected chi connectivity index (χ2v) is 5.21. The Bertz CT molecular complexity index is 777. The van der Waals surface area contributed by atoms with Gasteiger partial charge in [-0.2, -0.15) is 0 Å². The van der Waals surface area contributed by atoms with Crippen LogP contribution in [0.1, 0.15) is 10.6 Å². The largest absolute Gasteiger partial charge is 0.475 e. The van der Waals surface area contributed by atoms with Crippen LogP contribution in [0.5, 0.6) is 0 Å². The Kier molecular flexibility index (Phi) is 3.62. The molecule has 0 aliphatic rings. The molecule has 0 unspecified atom stereocenters. The van der Waals surface area contributed by atoms with Gasteiger partial charge in [-0.05, 0) is 27.1 Å². The van der Waals surface area contributed by atoms with E-state index in [1.807, 2.05) is 60.7 Å².